The first-order valence-corrected chi connectivity index (χ1v) is 10.5. The summed E-state index contributed by atoms with van der Waals surface area (Å²) in [6.07, 6.45) is 5.16. The quantitative estimate of drug-likeness (QED) is 0.579. The molecule has 1 aliphatic heterocycles. The molecule has 0 bridgehead atoms. The standard InChI is InChI=1S/C23H26N4O4/c28-22(24-15-19(20-10-7-13-30-20)27-11-5-2-6-12-27)16-25-23(29)18-14-21(31-26-18)17-8-3-1-4-9-17/h1,3-4,7-10,13-14,19H,2,5-6,11-12,15-16H2,(H,24,28)(H,25,29). The van der Waals surface area contributed by atoms with Gasteiger partial charge in [0.25, 0.3) is 5.91 Å². The number of furan rings is 1. The molecule has 0 aliphatic carbocycles. The molecule has 8 nitrogen and oxygen atoms in total. The fourth-order valence-corrected chi connectivity index (χ4v) is 3.77. The minimum Gasteiger partial charge on any atom is -0.468 e. The molecule has 1 aliphatic rings. The lowest BCUT2D eigenvalue weighted by Crippen LogP contribution is -2.43. The highest BCUT2D eigenvalue weighted by Crippen LogP contribution is 2.24. The van der Waals surface area contributed by atoms with Crippen LogP contribution < -0.4 is 10.6 Å². The van der Waals surface area contributed by atoms with Crippen LogP contribution in [0.2, 0.25) is 0 Å². The van der Waals surface area contributed by atoms with E-state index in [0.717, 1.165) is 37.3 Å². The van der Waals surface area contributed by atoms with Gasteiger partial charge < -0.3 is 19.6 Å². The minimum absolute atomic E-state index is 0.0149. The molecule has 0 spiro atoms. The monoisotopic (exact) mass is 422 g/mol. The van der Waals surface area contributed by atoms with E-state index in [1.54, 1.807) is 12.3 Å². The summed E-state index contributed by atoms with van der Waals surface area (Å²) in [6.45, 7) is 2.24. The number of benzene rings is 1. The Morgan fingerprint density at radius 1 is 1.03 bits per heavy atom. The van der Waals surface area contributed by atoms with Crippen molar-refractivity contribution >= 4 is 11.8 Å². The van der Waals surface area contributed by atoms with Crippen molar-refractivity contribution in [1.29, 1.82) is 0 Å². The Morgan fingerprint density at radius 2 is 1.84 bits per heavy atom. The molecule has 2 aromatic heterocycles. The fourth-order valence-electron chi connectivity index (χ4n) is 3.77. The molecule has 3 aromatic rings. The molecular weight excluding hydrogens is 396 g/mol. The van der Waals surface area contributed by atoms with Crippen LogP contribution in [0.15, 0.2) is 63.7 Å². The van der Waals surface area contributed by atoms with Gasteiger partial charge in [0.2, 0.25) is 5.91 Å². The largest absolute Gasteiger partial charge is 0.468 e. The smallest absolute Gasteiger partial charge is 0.273 e. The molecule has 3 heterocycles. The molecule has 4 rings (SSSR count). The third-order valence-corrected chi connectivity index (χ3v) is 5.41. The number of carbonyl (C=O) groups excluding carboxylic acids is 2. The van der Waals surface area contributed by atoms with Gasteiger partial charge in [0.1, 0.15) is 5.76 Å². The molecule has 1 aromatic carbocycles. The van der Waals surface area contributed by atoms with Crippen molar-refractivity contribution in [2.45, 2.75) is 25.3 Å². The first-order valence-electron chi connectivity index (χ1n) is 10.5. The summed E-state index contributed by atoms with van der Waals surface area (Å²) in [6, 6.07) is 14.7. The predicted octanol–water partition coefficient (Wildman–Crippen LogP) is 3.01. The highest BCUT2D eigenvalue weighted by molar-refractivity contribution is 5.95. The third kappa shape index (κ3) is 5.40. The number of aromatic nitrogens is 1. The zero-order valence-electron chi connectivity index (χ0n) is 17.3. The van der Waals surface area contributed by atoms with E-state index in [9.17, 15) is 9.59 Å². The van der Waals surface area contributed by atoms with Crippen LogP contribution in [0.25, 0.3) is 11.3 Å². The summed E-state index contributed by atoms with van der Waals surface area (Å²) in [4.78, 5) is 27.0. The van der Waals surface area contributed by atoms with Crippen molar-refractivity contribution in [3.8, 4) is 11.3 Å². The Labute approximate surface area is 180 Å². The molecule has 1 saturated heterocycles. The molecule has 0 radical (unpaired) electrons. The van der Waals surface area contributed by atoms with Crippen molar-refractivity contribution < 1.29 is 18.5 Å². The second-order valence-electron chi connectivity index (χ2n) is 7.56. The van der Waals surface area contributed by atoms with E-state index in [1.807, 2.05) is 42.5 Å². The van der Waals surface area contributed by atoms with E-state index in [0.29, 0.717) is 12.3 Å². The minimum atomic E-state index is -0.459. The lowest BCUT2D eigenvalue weighted by molar-refractivity contribution is -0.120. The van der Waals surface area contributed by atoms with Gasteiger partial charge in [0.15, 0.2) is 11.5 Å². The van der Waals surface area contributed by atoms with Crippen LogP contribution in [0.4, 0.5) is 0 Å². The van der Waals surface area contributed by atoms with E-state index in [-0.39, 0.29) is 24.2 Å². The van der Waals surface area contributed by atoms with Gasteiger partial charge in [-0.05, 0) is 38.1 Å². The SMILES string of the molecule is O=C(CNC(=O)c1cc(-c2ccccc2)on1)NCC(c1ccco1)N1CCCCC1. The average molecular weight is 422 g/mol. The van der Waals surface area contributed by atoms with Crippen LogP contribution in [0.5, 0.6) is 0 Å². The number of rotatable bonds is 8. The van der Waals surface area contributed by atoms with Crippen molar-refractivity contribution in [1.82, 2.24) is 20.7 Å². The number of hydrogen-bond donors (Lipinski definition) is 2. The number of nitrogens with zero attached hydrogens (tertiary/aromatic N) is 2. The summed E-state index contributed by atoms with van der Waals surface area (Å²) >= 11 is 0. The Kier molecular flexibility index (Phi) is 6.78. The number of amides is 2. The van der Waals surface area contributed by atoms with Crippen LogP contribution in [0, 0.1) is 0 Å². The van der Waals surface area contributed by atoms with Gasteiger partial charge in [-0.3, -0.25) is 14.5 Å². The van der Waals surface area contributed by atoms with Gasteiger partial charge in [0.05, 0.1) is 18.8 Å². The number of likely N-dealkylation sites (tertiary alicyclic amines) is 1. The molecule has 2 N–H and O–H groups in total. The Hall–Kier alpha value is -3.39. The van der Waals surface area contributed by atoms with Crippen molar-refractivity contribution in [2.75, 3.05) is 26.2 Å². The number of piperidine rings is 1. The number of nitrogens with one attached hydrogen (secondary N) is 2. The summed E-state index contributed by atoms with van der Waals surface area (Å²) in [5.74, 6) is 0.605. The van der Waals surface area contributed by atoms with Gasteiger partial charge in [-0.25, -0.2) is 0 Å². The van der Waals surface area contributed by atoms with Gasteiger partial charge in [0, 0.05) is 18.2 Å². The zero-order chi connectivity index (χ0) is 21.5. The first-order chi connectivity index (χ1) is 15.2. The Balaban J connectivity index is 1.28. The number of hydrogen-bond acceptors (Lipinski definition) is 6. The maximum atomic E-state index is 12.3. The van der Waals surface area contributed by atoms with Crippen LogP contribution >= 0.6 is 0 Å². The summed E-state index contributed by atoms with van der Waals surface area (Å²) in [5.41, 5.74) is 0.960. The van der Waals surface area contributed by atoms with E-state index in [2.05, 4.69) is 20.7 Å². The van der Waals surface area contributed by atoms with Crippen molar-refractivity contribution in [2.24, 2.45) is 0 Å². The van der Waals surface area contributed by atoms with Crippen LogP contribution in [-0.2, 0) is 4.79 Å². The Bertz CT molecular complexity index is 978. The van der Waals surface area contributed by atoms with Gasteiger partial charge >= 0.3 is 0 Å². The second-order valence-corrected chi connectivity index (χ2v) is 7.56. The zero-order valence-corrected chi connectivity index (χ0v) is 17.3. The average Bonchev–Trinajstić information content (AvgIpc) is 3.52. The molecule has 2 amide bonds. The van der Waals surface area contributed by atoms with Crippen LogP contribution in [0.1, 0.15) is 41.6 Å². The van der Waals surface area contributed by atoms with E-state index >= 15 is 0 Å². The van der Waals surface area contributed by atoms with Crippen LogP contribution in [0.3, 0.4) is 0 Å². The van der Waals surface area contributed by atoms with E-state index in [1.165, 1.54) is 6.42 Å². The highest BCUT2D eigenvalue weighted by atomic mass is 16.5. The second kappa shape index (κ2) is 10.1. The van der Waals surface area contributed by atoms with Crippen LogP contribution in [-0.4, -0.2) is 48.0 Å². The van der Waals surface area contributed by atoms with E-state index < -0.39 is 5.91 Å². The topological polar surface area (TPSA) is 101 Å². The maximum absolute atomic E-state index is 12.3. The molecule has 1 atom stereocenters. The first kappa shape index (κ1) is 20.9. The molecule has 31 heavy (non-hydrogen) atoms. The molecule has 1 unspecified atom stereocenters. The molecular formula is C23H26N4O4. The van der Waals surface area contributed by atoms with Crippen molar-refractivity contribution in [3.63, 3.8) is 0 Å². The van der Waals surface area contributed by atoms with E-state index in [4.69, 9.17) is 8.94 Å². The Morgan fingerprint density at radius 3 is 2.58 bits per heavy atom. The lowest BCUT2D eigenvalue weighted by atomic mass is 10.1. The predicted molar refractivity (Wildman–Crippen MR) is 114 cm³/mol. The van der Waals surface area contributed by atoms with Gasteiger partial charge in [-0.2, -0.15) is 0 Å². The molecule has 162 valence electrons. The molecule has 8 heteroatoms. The van der Waals surface area contributed by atoms with Gasteiger partial charge in [-0.1, -0.05) is 41.9 Å². The fraction of sp³-hybridized carbons (Fsp3) is 0.348. The normalized spacial score (nSPS) is 15.4. The van der Waals surface area contributed by atoms with Gasteiger partial charge in [-0.15, -0.1) is 0 Å². The third-order valence-electron chi connectivity index (χ3n) is 5.41. The highest BCUT2D eigenvalue weighted by Gasteiger charge is 2.25. The summed E-state index contributed by atoms with van der Waals surface area (Å²) < 4.78 is 10.8. The maximum Gasteiger partial charge on any atom is 0.273 e. The molecule has 1 fully saturated rings. The summed E-state index contributed by atoms with van der Waals surface area (Å²) in [7, 11) is 0. The molecule has 0 saturated carbocycles. The van der Waals surface area contributed by atoms with Crippen molar-refractivity contribution in [3.05, 3.63) is 66.2 Å². The number of carbonyl (C=O) groups is 2. The summed E-state index contributed by atoms with van der Waals surface area (Å²) in [5, 5.41) is 9.30. The lowest BCUT2D eigenvalue weighted by Gasteiger charge is -2.33.